The molecule has 4 nitrogen and oxygen atoms in total. The second kappa shape index (κ2) is 3.73. The number of hydrogen-bond donors (Lipinski definition) is 1. The molecule has 0 atom stereocenters. The van der Waals surface area contributed by atoms with Gasteiger partial charge in [0.1, 0.15) is 5.58 Å². The monoisotopic (exact) mass is 232 g/mol. The first-order valence-corrected chi connectivity index (χ1v) is 5.19. The van der Waals surface area contributed by atoms with E-state index < -0.39 is 17.0 Å². The van der Waals surface area contributed by atoms with Gasteiger partial charge >= 0.3 is 11.6 Å². The van der Waals surface area contributed by atoms with E-state index in [0.29, 0.717) is 5.58 Å². The lowest BCUT2D eigenvalue weighted by Crippen LogP contribution is -2.33. The van der Waals surface area contributed by atoms with Crippen molar-refractivity contribution in [3.05, 3.63) is 46.3 Å². The highest BCUT2D eigenvalue weighted by Gasteiger charge is 2.33. The number of carboxylic acid groups (broad SMARTS) is 1. The molecule has 0 spiro atoms. The average molecular weight is 232 g/mol. The molecule has 0 unspecified atom stereocenters. The molecular weight excluding hydrogens is 220 g/mol. The molecular formula is C13H12O4. The van der Waals surface area contributed by atoms with Gasteiger partial charge in [0.05, 0.1) is 11.0 Å². The van der Waals surface area contributed by atoms with Gasteiger partial charge in [-0.15, -0.1) is 0 Å². The fourth-order valence-corrected chi connectivity index (χ4v) is 1.61. The fraction of sp³-hybridized carbons (Fsp3) is 0.231. The molecule has 2 aromatic rings. The van der Waals surface area contributed by atoms with Gasteiger partial charge in [-0.2, -0.15) is 0 Å². The van der Waals surface area contributed by atoms with Crippen molar-refractivity contribution in [1.29, 1.82) is 0 Å². The third-order valence-electron chi connectivity index (χ3n) is 2.85. The summed E-state index contributed by atoms with van der Waals surface area (Å²) < 4.78 is 5.11. The van der Waals surface area contributed by atoms with Crippen LogP contribution in [0.2, 0.25) is 0 Å². The molecule has 0 saturated heterocycles. The number of aliphatic carboxylic acids is 1. The third-order valence-corrected chi connectivity index (χ3v) is 2.85. The van der Waals surface area contributed by atoms with Gasteiger partial charge in [0.15, 0.2) is 0 Å². The Morgan fingerprint density at radius 2 is 1.94 bits per heavy atom. The van der Waals surface area contributed by atoms with Crippen LogP contribution in [0.3, 0.4) is 0 Å². The maximum atomic E-state index is 11.8. The number of carboxylic acids is 1. The summed E-state index contributed by atoms with van der Waals surface area (Å²) in [6.07, 6.45) is 0. The smallest absolute Gasteiger partial charge is 0.340 e. The standard InChI is InChI=1S/C13H12O4/c1-13(2,12(15)16)9-7-8-5-3-4-6-10(8)17-11(9)14/h3-7H,1-2H3,(H,15,16). The Bertz CT molecular complexity index is 637. The van der Waals surface area contributed by atoms with E-state index in [1.165, 1.54) is 13.8 Å². The minimum atomic E-state index is -1.26. The van der Waals surface area contributed by atoms with Crippen molar-refractivity contribution in [2.45, 2.75) is 19.3 Å². The zero-order chi connectivity index (χ0) is 12.6. The molecule has 1 heterocycles. The zero-order valence-electron chi connectivity index (χ0n) is 9.56. The predicted octanol–water partition coefficient (Wildman–Crippen LogP) is 2.16. The number of carbonyl (C=O) groups is 1. The number of fused-ring (bicyclic) bond motifs is 1. The molecule has 1 aromatic heterocycles. The molecule has 1 N–H and O–H groups in total. The lowest BCUT2D eigenvalue weighted by Gasteiger charge is -2.18. The van der Waals surface area contributed by atoms with E-state index in [9.17, 15) is 9.59 Å². The maximum absolute atomic E-state index is 11.8. The second-order valence-corrected chi connectivity index (χ2v) is 4.42. The Morgan fingerprint density at radius 1 is 1.29 bits per heavy atom. The molecule has 0 radical (unpaired) electrons. The number of benzene rings is 1. The van der Waals surface area contributed by atoms with E-state index in [-0.39, 0.29) is 5.56 Å². The normalized spacial score (nSPS) is 11.6. The number of hydrogen-bond acceptors (Lipinski definition) is 3. The molecule has 0 aliphatic carbocycles. The Kier molecular flexibility index (Phi) is 2.50. The van der Waals surface area contributed by atoms with Crippen molar-refractivity contribution >= 4 is 16.9 Å². The number of rotatable bonds is 2. The first-order chi connectivity index (χ1) is 7.93. The summed E-state index contributed by atoms with van der Waals surface area (Å²) >= 11 is 0. The molecule has 17 heavy (non-hydrogen) atoms. The van der Waals surface area contributed by atoms with E-state index in [4.69, 9.17) is 9.52 Å². The van der Waals surface area contributed by atoms with Crippen molar-refractivity contribution in [1.82, 2.24) is 0 Å². The van der Waals surface area contributed by atoms with Crippen molar-refractivity contribution in [2.75, 3.05) is 0 Å². The Morgan fingerprint density at radius 3 is 2.59 bits per heavy atom. The van der Waals surface area contributed by atoms with Gasteiger partial charge in [0.25, 0.3) is 0 Å². The summed E-state index contributed by atoms with van der Waals surface area (Å²) in [6, 6.07) is 8.59. The van der Waals surface area contributed by atoms with Gasteiger partial charge in [0, 0.05) is 5.39 Å². The van der Waals surface area contributed by atoms with Gasteiger partial charge in [0.2, 0.25) is 0 Å². The van der Waals surface area contributed by atoms with E-state index >= 15 is 0 Å². The van der Waals surface area contributed by atoms with E-state index in [2.05, 4.69) is 0 Å². The van der Waals surface area contributed by atoms with Crippen molar-refractivity contribution in [2.24, 2.45) is 0 Å². The van der Waals surface area contributed by atoms with Crippen LogP contribution in [0.4, 0.5) is 0 Å². The van der Waals surface area contributed by atoms with Crippen LogP contribution in [-0.2, 0) is 10.2 Å². The van der Waals surface area contributed by atoms with Gasteiger partial charge in [-0.1, -0.05) is 18.2 Å². The second-order valence-electron chi connectivity index (χ2n) is 4.42. The summed E-state index contributed by atoms with van der Waals surface area (Å²) in [6.45, 7) is 2.96. The molecule has 0 amide bonds. The SMILES string of the molecule is CC(C)(C(=O)O)c1cc2ccccc2oc1=O. The van der Waals surface area contributed by atoms with Crippen LogP contribution >= 0.6 is 0 Å². The Labute approximate surface area is 97.5 Å². The fourth-order valence-electron chi connectivity index (χ4n) is 1.61. The molecule has 0 saturated carbocycles. The average Bonchev–Trinajstić information content (AvgIpc) is 2.27. The van der Waals surface area contributed by atoms with Crippen molar-refractivity contribution in [3.8, 4) is 0 Å². The van der Waals surface area contributed by atoms with Crippen LogP contribution < -0.4 is 5.63 Å². The van der Waals surface area contributed by atoms with Gasteiger partial charge in [-0.05, 0) is 26.0 Å². The van der Waals surface area contributed by atoms with Gasteiger partial charge in [-0.25, -0.2) is 4.79 Å². The zero-order valence-corrected chi connectivity index (χ0v) is 9.56. The summed E-state index contributed by atoms with van der Waals surface area (Å²) in [5.74, 6) is -1.06. The first kappa shape index (κ1) is 11.4. The van der Waals surface area contributed by atoms with Crippen LogP contribution in [-0.4, -0.2) is 11.1 Å². The Balaban J connectivity index is 2.75. The molecule has 4 heteroatoms. The molecule has 0 aliphatic rings. The minimum Gasteiger partial charge on any atom is -0.481 e. The quantitative estimate of drug-likeness (QED) is 0.805. The van der Waals surface area contributed by atoms with Crippen molar-refractivity contribution < 1.29 is 14.3 Å². The summed E-state index contributed by atoms with van der Waals surface area (Å²) in [5.41, 5.74) is -1.24. The van der Waals surface area contributed by atoms with E-state index in [0.717, 1.165) is 5.39 Å². The molecule has 2 rings (SSSR count). The molecule has 1 aromatic carbocycles. The highest BCUT2D eigenvalue weighted by atomic mass is 16.4. The number of para-hydroxylation sites is 1. The Hall–Kier alpha value is -2.10. The molecule has 88 valence electrons. The summed E-state index contributed by atoms with van der Waals surface area (Å²) in [5, 5.41) is 9.83. The van der Waals surface area contributed by atoms with E-state index in [1.54, 1.807) is 30.3 Å². The van der Waals surface area contributed by atoms with Crippen LogP contribution in [0.25, 0.3) is 11.0 Å². The predicted molar refractivity (Wildman–Crippen MR) is 63.1 cm³/mol. The minimum absolute atomic E-state index is 0.156. The molecule has 0 fully saturated rings. The highest BCUT2D eigenvalue weighted by Crippen LogP contribution is 2.23. The van der Waals surface area contributed by atoms with Gasteiger partial charge < -0.3 is 9.52 Å². The van der Waals surface area contributed by atoms with Crippen molar-refractivity contribution in [3.63, 3.8) is 0 Å². The lowest BCUT2D eigenvalue weighted by atomic mass is 9.85. The summed E-state index contributed by atoms with van der Waals surface area (Å²) in [4.78, 5) is 22.9. The van der Waals surface area contributed by atoms with E-state index in [1.807, 2.05) is 0 Å². The van der Waals surface area contributed by atoms with Crippen LogP contribution in [0, 0.1) is 0 Å². The topological polar surface area (TPSA) is 67.5 Å². The largest absolute Gasteiger partial charge is 0.481 e. The van der Waals surface area contributed by atoms with Gasteiger partial charge in [-0.3, -0.25) is 4.79 Å². The molecule has 0 bridgehead atoms. The third kappa shape index (κ3) is 1.82. The first-order valence-electron chi connectivity index (χ1n) is 5.19. The van der Waals surface area contributed by atoms with Crippen LogP contribution in [0.15, 0.2) is 39.5 Å². The highest BCUT2D eigenvalue weighted by molar-refractivity contribution is 5.83. The van der Waals surface area contributed by atoms with Crippen LogP contribution in [0.5, 0.6) is 0 Å². The maximum Gasteiger partial charge on any atom is 0.340 e. The molecule has 0 aliphatic heterocycles. The summed E-state index contributed by atoms with van der Waals surface area (Å²) in [7, 11) is 0. The van der Waals surface area contributed by atoms with Crippen LogP contribution in [0.1, 0.15) is 19.4 Å². The lowest BCUT2D eigenvalue weighted by molar-refractivity contribution is -0.142.